The van der Waals surface area contributed by atoms with Crippen molar-refractivity contribution in [1.82, 2.24) is 0 Å². The quantitative estimate of drug-likeness (QED) is 0.0835. The third-order valence-corrected chi connectivity index (χ3v) is 11.0. The molecule has 2 aliphatic rings. The molecule has 49 heavy (non-hydrogen) atoms. The first-order valence-electron chi connectivity index (χ1n) is 18.9. The van der Waals surface area contributed by atoms with E-state index in [1.54, 1.807) is 36.4 Å². The normalized spacial score (nSPS) is 19.7. The van der Waals surface area contributed by atoms with Gasteiger partial charge < -0.3 is 4.74 Å². The highest BCUT2D eigenvalue weighted by atomic mass is 19.2. The van der Waals surface area contributed by atoms with Crippen LogP contribution in [0.25, 0.3) is 27.8 Å². The van der Waals surface area contributed by atoms with Gasteiger partial charge in [-0.1, -0.05) is 113 Å². The summed E-state index contributed by atoms with van der Waals surface area (Å²) >= 11 is 0. The van der Waals surface area contributed by atoms with Crippen LogP contribution in [0.1, 0.15) is 122 Å². The number of unbranched alkanes of at least 4 members (excludes halogenated alkanes) is 6. The minimum atomic E-state index is -1.01. The fourth-order valence-corrected chi connectivity index (χ4v) is 7.93. The number of hydrogen-bond donors (Lipinski definition) is 0. The molecule has 0 heterocycles. The fourth-order valence-electron chi connectivity index (χ4n) is 7.93. The van der Waals surface area contributed by atoms with Gasteiger partial charge in [0.2, 0.25) is 5.82 Å². The molecule has 3 aromatic rings. The lowest BCUT2D eigenvalue weighted by Crippen LogP contribution is -2.23. The molecule has 5 heteroatoms. The molecule has 0 aliphatic heterocycles. The Bertz CT molecular complexity index is 1550. The van der Waals surface area contributed by atoms with Gasteiger partial charge in [0, 0.05) is 16.7 Å². The summed E-state index contributed by atoms with van der Waals surface area (Å²) in [5.41, 5.74) is 2.39. The van der Waals surface area contributed by atoms with Crippen LogP contribution in [-0.2, 0) is 0 Å². The number of rotatable bonds is 16. The van der Waals surface area contributed by atoms with E-state index < -0.39 is 23.3 Å². The number of halogens is 4. The van der Waals surface area contributed by atoms with Gasteiger partial charge in [0.05, 0.1) is 6.61 Å². The van der Waals surface area contributed by atoms with Crippen LogP contribution in [-0.4, -0.2) is 6.61 Å². The standard InChI is InChI=1S/C44H54F4O/c1-3-5-7-8-9-10-12-30-49-40-29-28-39(43(47)44(40)48)36-24-22-35(23-25-36)38-27-26-37(41(45)42(38)46)34-20-18-33(19-21-34)32-16-14-31(15-17-32)13-11-6-4-2/h4,6,20,22-29,31-33H,3,5,7-19,21,30H2,1-2H3. The molecule has 0 aromatic heterocycles. The van der Waals surface area contributed by atoms with E-state index >= 15 is 13.2 Å². The van der Waals surface area contributed by atoms with E-state index in [4.69, 9.17) is 4.74 Å². The minimum absolute atomic E-state index is 0.0920. The summed E-state index contributed by atoms with van der Waals surface area (Å²) in [6.45, 7) is 4.61. The predicted octanol–water partition coefficient (Wildman–Crippen LogP) is 14.1. The van der Waals surface area contributed by atoms with Crippen molar-refractivity contribution in [3.8, 4) is 28.0 Å². The topological polar surface area (TPSA) is 9.23 Å². The number of ether oxygens (including phenoxy) is 1. The van der Waals surface area contributed by atoms with Crippen LogP contribution in [0.4, 0.5) is 17.6 Å². The second kappa shape index (κ2) is 18.6. The van der Waals surface area contributed by atoms with E-state index in [9.17, 15) is 4.39 Å². The number of allylic oxidation sites excluding steroid dienone is 4. The Labute approximate surface area is 291 Å². The van der Waals surface area contributed by atoms with Crippen LogP contribution in [0, 0.1) is 41.0 Å². The molecule has 0 N–H and O–H groups in total. The van der Waals surface area contributed by atoms with E-state index in [1.807, 2.05) is 0 Å². The molecular formula is C44H54F4O. The van der Waals surface area contributed by atoms with Gasteiger partial charge in [-0.15, -0.1) is 0 Å². The zero-order chi connectivity index (χ0) is 34.6. The van der Waals surface area contributed by atoms with Crippen molar-refractivity contribution in [2.75, 3.05) is 6.61 Å². The van der Waals surface area contributed by atoms with E-state index in [0.717, 1.165) is 55.9 Å². The lowest BCUT2D eigenvalue weighted by atomic mass is 9.70. The van der Waals surface area contributed by atoms with Crippen LogP contribution >= 0.6 is 0 Å². The van der Waals surface area contributed by atoms with Crippen LogP contribution in [0.2, 0.25) is 0 Å². The second-order valence-electron chi connectivity index (χ2n) is 14.3. The van der Waals surface area contributed by atoms with Gasteiger partial charge in [-0.3, -0.25) is 0 Å². The number of hydrogen-bond acceptors (Lipinski definition) is 1. The summed E-state index contributed by atoms with van der Waals surface area (Å²) in [6.07, 6.45) is 24.7. The monoisotopic (exact) mass is 674 g/mol. The van der Waals surface area contributed by atoms with Gasteiger partial charge >= 0.3 is 0 Å². The van der Waals surface area contributed by atoms with Gasteiger partial charge in [-0.05, 0) is 105 Å². The van der Waals surface area contributed by atoms with E-state index in [2.05, 4.69) is 32.1 Å². The highest BCUT2D eigenvalue weighted by Gasteiger charge is 2.29. The Morgan fingerprint density at radius 2 is 1.24 bits per heavy atom. The van der Waals surface area contributed by atoms with Crippen molar-refractivity contribution >= 4 is 5.57 Å². The first-order chi connectivity index (χ1) is 23.9. The van der Waals surface area contributed by atoms with Gasteiger partial charge in [-0.25, -0.2) is 13.2 Å². The molecule has 1 nitrogen and oxygen atoms in total. The van der Waals surface area contributed by atoms with Gasteiger partial charge in [0.15, 0.2) is 23.2 Å². The van der Waals surface area contributed by atoms with Gasteiger partial charge in [-0.2, -0.15) is 4.39 Å². The zero-order valence-corrected chi connectivity index (χ0v) is 29.5. The van der Waals surface area contributed by atoms with Crippen molar-refractivity contribution in [3.05, 3.63) is 95.6 Å². The average molecular weight is 675 g/mol. The molecule has 1 fully saturated rings. The summed E-state index contributed by atoms with van der Waals surface area (Å²) in [6, 6.07) is 12.7. The van der Waals surface area contributed by atoms with Crippen LogP contribution in [0.3, 0.4) is 0 Å². The van der Waals surface area contributed by atoms with Crippen molar-refractivity contribution in [1.29, 1.82) is 0 Å². The predicted molar refractivity (Wildman–Crippen MR) is 195 cm³/mol. The average Bonchev–Trinajstić information content (AvgIpc) is 3.13. The maximum absolute atomic E-state index is 15.5. The minimum Gasteiger partial charge on any atom is -0.490 e. The molecule has 5 rings (SSSR count). The van der Waals surface area contributed by atoms with Crippen molar-refractivity contribution in [2.45, 2.75) is 117 Å². The molecule has 0 saturated heterocycles. The molecule has 3 aromatic carbocycles. The molecule has 0 spiro atoms. The number of benzene rings is 3. The van der Waals surface area contributed by atoms with Crippen molar-refractivity contribution in [3.63, 3.8) is 0 Å². The Morgan fingerprint density at radius 3 is 1.88 bits per heavy atom. The highest BCUT2D eigenvalue weighted by Crippen LogP contribution is 2.43. The largest absolute Gasteiger partial charge is 0.490 e. The smallest absolute Gasteiger partial charge is 0.201 e. The lowest BCUT2D eigenvalue weighted by molar-refractivity contribution is 0.190. The molecule has 1 unspecified atom stereocenters. The van der Waals surface area contributed by atoms with E-state index in [1.165, 1.54) is 76.3 Å². The zero-order valence-electron chi connectivity index (χ0n) is 29.5. The van der Waals surface area contributed by atoms with Gasteiger partial charge in [0.25, 0.3) is 0 Å². The Hall–Kier alpha value is -3.34. The van der Waals surface area contributed by atoms with Crippen molar-refractivity contribution in [2.24, 2.45) is 17.8 Å². The van der Waals surface area contributed by atoms with Crippen molar-refractivity contribution < 1.29 is 22.3 Å². The highest BCUT2D eigenvalue weighted by molar-refractivity contribution is 5.74. The summed E-state index contributed by atoms with van der Waals surface area (Å²) in [4.78, 5) is 0. The van der Waals surface area contributed by atoms with E-state index in [0.29, 0.717) is 29.2 Å². The maximum Gasteiger partial charge on any atom is 0.201 e. The molecule has 0 bridgehead atoms. The molecule has 1 atom stereocenters. The first kappa shape index (κ1) is 36.9. The maximum atomic E-state index is 15.5. The SMILES string of the molecule is CC=CCCC1CCC(C2CC=C(c3ccc(-c4ccc(-c5ccc(OCCCCCCCCC)c(F)c5F)cc4)c(F)c3F)CC2)CC1. The van der Waals surface area contributed by atoms with E-state index in [-0.39, 0.29) is 16.9 Å². The molecular weight excluding hydrogens is 620 g/mol. The first-order valence-corrected chi connectivity index (χ1v) is 18.9. The fraction of sp³-hybridized carbons (Fsp3) is 0.500. The molecule has 1 saturated carbocycles. The second-order valence-corrected chi connectivity index (χ2v) is 14.3. The summed E-state index contributed by atoms with van der Waals surface area (Å²) < 4.78 is 66.5. The Balaban J connectivity index is 1.17. The third kappa shape index (κ3) is 9.67. The molecule has 2 aliphatic carbocycles. The lowest BCUT2D eigenvalue weighted by Gasteiger charge is -2.35. The van der Waals surface area contributed by atoms with Gasteiger partial charge in [0.1, 0.15) is 0 Å². The molecule has 264 valence electrons. The van der Waals surface area contributed by atoms with Crippen LogP contribution < -0.4 is 4.74 Å². The Kier molecular flexibility index (Phi) is 14.0. The summed E-state index contributed by atoms with van der Waals surface area (Å²) in [5, 5.41) is 0. The summed E-state index contributed by atoms with van der Waals surface area (Å²) in [5.74, 6) is -1.60. The molecule has 0 radical (unpaired) electrons. The summed E-state index contributed by atoms with van der Waals surface area (Å²) in [7, 11) is 0. The Morgan fingerprint density at radius 1 is 0.653 bits per heavy atom. The van der Waals surface area contributed by atoms with Crippen LogP contribution in [0.15, 0.2) is 66.8 Å². The van der Waals surface area contributed by atoms with Crippen LogP contribution in [0.5, 0.6) is 5.75 Å². The molecule has 0 amide bonds. The third-order valence-electron chi connectivity index (χ3n) is 11.0.